The molecular formula is C19H19ClN2O4. The van der Waals surface area contributed by atoms with E-state index >= 15 is 0 Å². The van der Waals surface area contributed by atoms with Crippen LogP contribution in [0.15, 0.2) is 30.3 Å². The number of benzene rings is 2. The first kappa shape index (κ1) is 18.1. The molecule has 1 aliphatic carbocycles. The zero-order valence-electron chi connectivity index (χ0n) is 14.3. The molecule has 1 amide bonds. The van der Waals surface area contributed by atoms with Gasteiger partial charge in [0.15, 0.2) is 6.61 Å². The highest BCUT2D eigenvalue weighted by atomic mass is 35.5. The number of fused-ring (bicyclic) bond motifs is 1. The molecule has 7 heteroatoms. The Labute approximate surface area is 156 Å². The third-order valence-electron chi connectivity index (χ3n) is 4.26. The van der Waals surface area contributed by atoms with E-state index in [0.29, 0.717) is 5.69 Å². The summed E-state index contributed by atoms with van der Waals surface area (Å²) in [6.45, 7) is -0.416. The Bertz CT molecular complexity index is 867. The Morgan fingerprint density at radius 2 is 1.96 bits per heavy atom. The Morgan fingerprint density at radius 3 is 2.73 bits per heavy atom. The Hall–Kier alpha value is -2.73. The predicted octanol–water partition coefficient (Wildman–Crippen LogP) is 3.22. The fourth-order valence-corrected chi connectivity index (χ4v) is 3.12. The van der Waals surface area contributed by atoms with Crippen molar-refractivity contribution in [1.82, 2.24) is 0 Å². The van der Waals surface area contributed by atoms with Crippen molar-refractivity contribution in [3.05, 3.63) is 52.0 Å². The summed E-state index contributed by atoms with van der Waals surface area (Å²) in [5.41, 5.74) is 9.35. The van der Waals surface area contributed by atoms with Crippen LogP contribution in [0.5, 0.6) is 5.75 Å². The molecule has 0 fully saturated rings. The number of carbonyl (C=O) groups excluding carboxylic acids is 2. The quantitative estimate of drug-likeness (QED) is 0.619. The molecule has 0 radical (unpaired) electrons. The van der Waals surface area contributed by atoms with E-state index in [1.807, 2.05) is 18.2 Å². The van der Waals surface area contributed by atoms with Crippen LogP contribution >= 0.6 is 11.6 Å². The summed E-state index contributed by atoms with van der Waals surface area (Å²) in [6, 6.07) is 8.63. The molecule has 0 atom stereocenters. The first-order valence-corrected chi connectivity index (χ1v) is 8.57. The lowest BCUT2D eigenvalue weighted by Gasteiger charge is -2.11. The monoisotopic (exact) mass is 374 g/mol. The van der Waals surface area contributed by atoms with Crippen molar-refractivity contribution in [2.75, 3.05) is 24.8 Å². The van der Waals surface area contributed by atoms with Crippen LogP contribution in [-0.2, 0) is 22.4 Å². The molecule has 2 aromatic rings. The van der Waals surface area contributed by atoms with Gasteiger partial charge in [-0.05, 0) is 48.6 Å². The number of anilines is 2. The molecule has 1 aliphatic rings. The van der Waals surface area contributed by atoms with Crippen molar-refractivity contribution in [3.8, 4) is 5.75 Å². The SMILES string of the molecule is COc1cc(N)c(Cl)cc1C(=O)OCC(=O)Nc1ccc2c(c1)CCC2. The topological polar surface area (TPSA) is 90.7 Å². The molecule has 0 saturated carbocycles. The van der Waals surface area contributed by atoms with Crippen LogP contribution in [-0.4, -0.2) is 25.6 Å². The van der Waals surface area contributed by atoms with Crippen LogP contribution in [0, 0.1) is 0 Å². The number of ether oxygens (including phenoxy) is 2. The molecule has 0 bridgehead atoms. The van der Waals surface area contributed by atoms with Gasteiger partial charge in [-0.15, -0.1) is 0 Å². The van der Waals surface area contributed by atoms with Crippen LogP contribution < -0.4 is 15.8 Å². The number of halogens is 1. The molecule has 0 unspecified atom stereocenters. The van der Waals surface area contributed by atoms with Crippen molar-refractivity contribution in [2.45, 2.75) is 19.3 Å². The summed E-state index contributed by atoms with van der Waals surface area (Å²) in [5, 5.41) is 2.94. The maximum absolute atomic E-state index is 12.2. The van der Waals surface area contributed by atoms with E-state index in [4.69, 9.17) is 26.8 Å². The van der Waals surface area contributed by atoms with E-state index in [1.165, 1.54) is 30.4 Å². The zero-order chi connectivity index (χ0) is 18.7. The molecule has 0 aliphatic heterocycles. The number of hydrogen-bond acceptors (Lipinski definition) is 5. The second-order valence-electron chi connectivity index (χ2n) is 6.04. The number of carbonyl (C=O) groups is 2. The maximum Gasteiger partial charge on any atom is 0.342 e. The minimum absolute atomic E-state index is 0.108. The van der Waals surface area contributed by atoms with Crippen molar-refractivity contribution in [1.29, 1.82) is 0 Å². The van der Waals surface area contributed by atoms with Crippen molar-refractivity contribution in [2.24, 2.45) is 0 Å². The summed E-state index contributed by atoms with van der Waals surface area (Å²) in [6.07, 6.45) is 3.23. The molecule has 0 heterocycles. The first-order valence-electron chi connectivity index (χ1n) is 8.19. The number of nitrogens with one attached hydrogen (secondary N) is 1. The van der Waals surface area contributed by atoms with Crippen molar-refractivity contribution < 1.29 is 19.1 Å². The van der Waals surface area contributed by atoms with Crippen LogP contribution in [0.3, 0.4) is 0 Å². The lowest BCUT2D eigenvalue weighted by atomic mass is 10.1. The van der Waals surface area contributed by atoms with Gasteiger partial charge in [-0.3, -0.25) is 4.79 Å². The zero-order valence-corrected chi connectivity index (χ0v) is 15.1. The van der Waals surface area contributed by atoms with Gasteiger partial charge >= 0.3 is 5.97 Å². The largest absolute Gasteiger partial charge is 0.496 e. The minimum atomic E-state index is -0.715. The summed E-state index contributed by atoms with van der Waals surface area (Å²) in [5.74, 6) is -0.902. The second kappa shape index (κ2) is 7.66. The number of nitrogen functional groups attached to an aromatic ring is 1. The molecule has 3 N–H and O–H groups in total. The second-order valence-corrected chi connectivity index (χ2v) is 6.44. The number of nitrogens with two attached hydrogens (primary N) is 1. The summed E-state index contributed by atoms with van der Waals surface area (Å²) in [4.78, 5) is 24.3. The fraction of sp³-hybridized carbons (Fsp3) is 0.263. The first-order chi connectivity index (χ1) is 12.5. The molecule has 0 aromatic heterocycles. The number of methoxy groups -OCH3 is 1. The Kier molecular flexibility index (Phi) is 5.32. The van der Waals surface area contributed by atoms with Gasteiger partial charge in [0.2, 0.25) is 0 Å². The molecular weight excluding hydrogens is 356 g/mol. The van der Waals surface area contributed by atoms with E-state index in [9.17, 15) is 9.59 Å². The standard InChI is InChI=1S/C19H19ClN2O4/c1-25-17-9-16(21)15(20)8-14(17)19(24)26-10-18(23)22-13-6-5-11-3-2-4-12(11)7-13/h5-9H,2-4,10,21H2,1H3,(H,22,23). The molecule has 26 heavy (non-hydrogen) atoms. The van der Waals surface area contributed by atoms with Crippen LogP contribution in [0.1, 0.15) is 27.9 Å². The van der Waals surface area contributed by atoms with Crippen molar-refractivity contribution in [3.63, 3.8) is 0 Å². The summed E-state index contributed by atoms with van der Waals surface area (Å²) >= 11 is 5.94. The molecule has 136 valence electrons. The smallest absolute Gasteiger partial charge is 0.342 e. The van der Waals surface area contributed by atoms with Gasteiger partial charge < -0.3 is 20.5 Å². The lowest BCUT2D eigenvalue weighted by molar-refractivity contribution is -0.119. The molecule has 3 rings (SSSR count). The van der Waals surface area contributed by atoms with Gasteiger partial charge in [0.05, 0.1) is 17.8 Å². The number of amides is 1. The number of esters is 1. The third-order valence-corrected chi connectivity index (χ3v) is 4.58. The van der Waals surface area contributed by atoms with Gasteiger partial charge in [-0.2, -0.15) is 0 Å². The highest BCUT2D eigenvalue weighted by molar-refractivity contribution is 6.33. The predicted molar refractivity (Wildman–Crippen MR) is 99.8 cm³/mol. The summed E-state index contributed by atoms with van der Waals surface area (Å²) < 4.78 is 10.2. The van der Waals surface area contributed by atoms with Crippen LogP contribution in [0.25, 0.3) is 0 Å². The maximum atomic E-state index is 12.2. The number of rotatable bonds is 5. The Balaban J connectivity index is 1.61. The van der Waals surface area contributed by atoms with Crippen LogP contribution in [0.2, 0.25) is 5.02 Å². The molecule has 0 spiro atoms. The minimum Gasteiger partial charge on any atom is -0.496 e. The van der Waals surface area contributed by atoms with Gasteiger partial charge in [0.1, 0.15) is 11.3 Å². The average molecular weight is 375 g/mol. The summed E-state index contributed by atoms with van der Waals surface area (Å²) in [7, 11) is 1.40. The molecule has 6 nitrogen and oxygen atoms in total. The van der Waals surface area contributed by atoms with E-state index in [2.05, 4.69) is 5.32 Å². The van der Waals surface area contributed by atoms with Crippen LogP contribution in [0.4, 0.5) is 11.4 Å². The normalized spacial score (nSPS) is 12.4. The average Bonchev–Trinajstić information content (AvgIpc) is 3.09. The lowest BCUT2D eigenvalue weighted by Crippen LogP contribution is -2.21. The fourth-order valence-electron chi connectivity index (χ4n) is 2.95. The van der Waals surface area contributed by atoms with E-state index < -0.39 is 18.5 Å². The molecule has 2 aromatic carbocycles. The number of hydrogen-bond donors (Lipinski definition) is 2. The third kappa shape index (κ3) is 3.91. The highest BCUT2D eigenvalue weighted by Crippen LogP contribution is 2.29. The van der Waals surface area contributed by atoms with E-state index in [1.54, 1.807) is 0 Å². The van der Waals surface area contributed by atoms with Gasteiger partial charge in [0, 0.05) is 11.8 Å². The van der Waals surface area contributed by atoms with E-state index in [-0.39, 0.29) is 22.0 Å². The van der Waals surface area contributed by atoms with E-state index in [0.717, 1.165) is 19.3 Å². The van der Waals surface area contributed by atoms with Gasteiger partial charge in [0.25, 0.3) is 5.91 Å². The highest BCUT2D eigenvalue weighted by Gasteiger charge is 2.18. The number of aryl methyl sites for hydroxylation is 2. The van der Waals surface area contributed by atoms with Gasteiger partial charge in [-0.1, -0.05) is 17.7 Å². The van der Waals surface area contributed by atoms with Crippen molar-refractivity contribution >= 4 is 34.9 Å². The van der Waals surface area contributed by atoms with Gasteiger partial charge in [-0.25, -0.2) is 4.79 Å². The molecule has 0 saturated heterocycles. The Morgan fingerprint density at radius 1 is 1.19 bits per heavy atom.